The van der Waals surface area contributed by atoms with Gasteiger partial charge >= 0.3 is 6.09 Å². The zero-order valence-corrected chi connectivity index (χ0v) is 13.7. The molecule has 0 spiro atoms. The fourth-order valence-electron chi connectivity index (χ4n) is 1.45. The summed E-state index contributed by atoms with van der Waals surface area (Å²) in [6.45, 7) is 12.6. The minimum atomic E-state index is -1.47. The molecule has 0 rings (SSSR count). The Morgan fingerprint density at radius 1 is 1.39 bits per heavy atom. The van der Waals surface area contributed by atoms with Crippen LogP contribution in [0.15, 0.2) is 0 Å². The molecule has 0 aromatic heterocycles. The molecule has 0 aliphatic heterocycles. The molecule has 0 N–H and O–H groups in total. The third-order valence-corrected chi connectivity index (χ3v) is 5.17. The van der Waals surface area contributed by atoms with Gasteiger partial charge in [0.15, 0.2) is 0 Å². The Kier molecular flexibility index (Phi) is 5.88. The maximum atomic E-state index is 11.7. The van der Waals surface area contributed by atoms with E-state index in [1.165, 1.54) is 0 Å². The fourth-order valence-corrected chi connectivity index (χ4v) is 2.83. The van der Waals surface area contributed by atoms with Gasteiger partial charge in [0, 0.05) is 19.1 Å². The first kappa shape index (κ1) is 17.0. The van der Waals surface area contributed by atoms with Crippen LogP contribution in [0.2, 0.25) is 25.2 Å². The highest BCUT2D eigenvalue weighted by atomic mass is 28.3. The Morgan fingerprint density at radius 3 is 2.22 bits per heavy atom. The Bertz CT molecular complexity index is 323. The summed E-state index contributed by atoms with van der Waals surface area (Å²) >= 11 is 0. The van der Waals surface area contributed by atoms with Crippen molar-refractivity contribution in [2.45, 2.75) is 58.0 Å². The van der Waals surface area contributed by atoms with Crippen LogP contribution in [0.4, 0.5) is 4.79 Å². The molecule has 0 saturated heterocycles. The molecule has 1 amide bonds. The Morgan fingerprint density at radius 2 is 1.89 bits per heavy atom. The van der Waals surface area contributed by atoms with Gasteiger partial charge in [0.05, 0.1) is 14.1 Å². The molecule has 0 aromatic carbocycles. The predicted octanol–water partition coefficient (Wildman–Crippen LogP) is 3.48. The molecule has 5 heteroatoms. The van der Waals surface area contributed by atoms with Crippen molar-refractivity contribution in [3.8, 4) is 6.07 Å². The van der Waals surface area contributed by atoms with Gasteiger partial charge in [0.1, 0.15) is 5.60 Å². The molecular weight excluding hydrogens is 244 g/mol. The van der Waals surface area contributed by atoms with E-state index in [2.05, 4.69) is 25.7 Å². The van der Waals surface area contributed by atoms with Crippen molar-refractivity contribution in [1.29, 1.82) is 5.26 Å². The SMILES string of the molecule is CN(CCC(C#N)[Si](C)(C)C)C(=O)OC(C)(C)C. The van der Waals surface area contributed by atoms with Crippen molar-refractivity contribution in [3.05, 3.63) is 0 Å². The van der Waals surface area contributed by atoms with Gasteiger partial charge in [-0.3, -0.25) is 0 Å². The largest absolute Gasteiger partial charge is 0.444 e. The van der Waals surface area contributed by atoms with Crippen molar-refractivity contribution >= 4 is 14.2 Å². The van der Waals surface area contributed by atoms with E-state index >= 15 is 0 Å². The first-order chi connectivity index (χ1) is 7.97. The number of rotatable bonds is 4. The fraction of sp³-hybridized carbons (Fsp3) is 0.846. The van der Waals surface area contributed by atoms with Crippen molar-refractivity contribution in [2.75, 3.05) is 13.6 Å². The molecule has 0 heterocycles. The second kappa shape index (κ2) is 6.23. The maximum Gasteiger partial charge on any atom is 0.410 e. The minimum absolute atomic E-state index is 0.0717. The summed E-state index contributed by atoms with van der Waals surface area (Å²) in [6.07, 6.45) is 0.400. The van der Waals surface area contributed by atoms with E-state index in [0.717, 1.165) is 6.42 Å². The summed E-state index contributed by atoms with van der Waals surface area (Å²) < 4.78 is 5.27. The molecule has 0 aliphatic carbocycles. The smallest absolute Gasteiger partial charge is 0.410 e. The number of hydrogen-bond acceptors (Lipinski definition) is 3. The molecular formula is C13H26N2O2Si. The lowest BCUT2D eigenvalue weighted by molar-refractivity contribution is 0.0297. The molecule has 18 heavy (non-hydrogen) atoms. The monoisotopic (exact) mass is 270 g/mol. The highest BCUT2D eigenvalue weighted by Gasteiger charge is 2.27. The predicted molar refractivity (Wildman–Crippen MR) is 76.2 cm³/mol. The average molecular weight is 270 g/mol. The van der Waals surface area contributed by atoms with Gasteiger partial charge in [0.25, 0.3) is 0 Å². The van der Waals surface area contributed by atoms with E-state index in [-0.39, 0.29) is 11.6 Å². The zero-order chi connectivity index (χ0) is 14.6. The number of ether oxygens (including phenoxy) is 1. The van der Waals surface area contributed by atoms with Crippen LogP contribution in [0, 0.1) is 11.3 Å². The molecule has 4 nitrogen and oxygen atoms in total. The topological polar surface area (TPSA) is 53.3 Å². The average Bonchev–Trinajstić information content (AvgIpc) is 2.13. The third-order valence-electron chi connectivity index (χ3n) is 2.66. The second-order valence-electron chi connectivity index (χ2n) is 6.74. The van der Waals surface area contributed by atoms with Gasteiger partial charge in [-0.2, -0.15) is 5.26 Å². The Balaban J connectivity index is 4.30. The molecule has 0 radical (unpaired) electrons. The molecule has 0 saturated carbocycles. The maximum absolute atomic E-state index is 11.7. The Labute approximate surface area is 112 Å². The summed E-state index contributed by atoms with van der Waals surface area (Å²) in [7, 11) is 0.240. The number of nitrogens with zero attached hydrogens (tertiary/aromatic N) is 2. The van der Waals surface area contributed by atoms with Gasteiger partial charge in [-0.25, -0.2) is 4.79 Å². The van der Waals surface area contributed by atoms with Crippen LogP contribution in [0.1, 0.15) is 27.2 Å². The van der Waals surface area contributed by atoms with E-state index in [4.69, 9.17) is 10.00 Å². The first-order valence-electron chi connectivity index (χ1n) is 6.31. The molecule has 104 valence electrons. The summed E-state index contributed by atoms with van der Waals surface area (Å²) in [5, 5.41) is 9.15. The zero-order valence-electron chi connectivity index (χ0n) is 12.7. The molecule has 0 aromatic rings. The summed E-state index contributed by atoms with van der Waals surface area (Å²) in [6, 6.07) is 2.37. The lowest BCUT2D eigenvalue weighted by Gasteiger charge is -2.27. The van der Waals surface area contributed by atoms with E-state index < -0.39 is 13.7 Å². The third kappa shape index (κ3) is 6.65. The van der Waals surface area contributed by atoms with Crippen molar-refractivity contribution < 1.29 is 9.53 Å². The van der Waals surface area contributed by atoms with E-state index in [9.17, 15) is 4.79 Å². The molecule has 0 fully saturated rings. The molecule has 0 aliphatic rings. The Hall–Kier alpha value is -1.02. The summed E-state index contributed by atoms with van der Waals surface area (Å²) in [5.74, 6) is 0. The van der Waals surface area contributed by atoms with Gasteiger partial charge < -0.3 is 9.64 Å². The second-order valence-corrected chi connectivity index (χ2v) is 12.2. The molecule has 1 atom stereocenters. The number of amides is 1. The summed E-state index contributed by atoms with van der Waals surface area (Å²) in [5.41, 5.74) is -0.402. The van der Waals surface area contributed by atoms with Crippen LogP contribution < -0.4 is 0 Å². The van der Waals surface area contributed by atoms with Crippen LogP contribution in [0.25, 0.3) is 0 Å². The van der Waals surface area contributed by atoms with Crippen LogP contribution in [0.5, 0.6) is 0 Å². The van der Waals surface area contributed by atoms with E-state index in [0.29, 0.717) is 6.54 Å². The lowest BCUT2D eigenvalue weighted by Crippen LogP contribution is -2.36. The van der Waals surface area contributed by atoms with Crippen LogP contribution in [-0.2, 0) is 4.74 Å². The standard InChI is InChI=1S/C13H26N2O2Si/c1-13(2,3)17-12(16)15(4)9-8-11(10-14)18(5,6)7/h11H,8-9H2,1-7H3. The normalized spacial score (nSPS) is 13.7. The van der Waals surface area contributed by atoms with Crippen molar-refractivity contribution in [1.82, 2.24) is 4.90 Å². The van der Waals surface area contributed by atoms with Crippen LogP contribution in [-0.4, -0.2) is 38.3 Å². The minimum Gasteiger partial charge on any atom is -0.444 e. The first-order valence-corrected chi connectivity index (χ1v) is 9.89. The van der Waals surface area contributed by atoms with E-state index in [1.54, 1.807) is 11.9 Å². The van der Waals surface area contributed by atoms with Gasteiger partial charge in [-0.05, 0) is 27.2 Å². The molecule has 1 unspecified atom stereocenters. The highest BCUT2D eigenvalue weighted by Crippen LogP contribution is 2.24. The van der Waals surface area contributed by atoms with Gasteiger partial charge in [0.2, 0.25) is 0 Å². The van der Waals surface area contributed by atoms with Crippen molar-refractivity contribution in [3.63, 3.8) is 0 Å². The van der Waals surface area contributed by atoms with Crippen LogP contribution in [0.3, 0.4) is 0 Å². The number of carbonyl (C=O) groups is 1. The van der Waals surface area contributed by atoms with Crippen molar-refractivity contribution in [2.24, 2.45) is 0 Å². The van der Waals surface area contributed by atoms with Gasteiger partial charge in [-0.1, -0.05) is 19.6 Å². The van der Waals surface area contributed by atoms with Crippen LogP contribution >= 0.6 is 0 Å². The number of nitriles is 1. The molecule has 0 bridgehead atoms. The number of carbonyl (C=O) groups excluding carboxylic acids is 1. The quantitative estimate of drug-likeness (QED) is 0.735. The summed E-state index contributed by atoms with van der Waals surface area (Å²) in [4.78, 5) is 13.3. The number of hydrogen-bond donors (Lipinski definition) is 0. The lowest BCUT2D eigenvalue weighted by atomic mass is 10.2. The van der Waals surface area contributed by atoms with Gasteiger partial charge in [-0.15, -0.1) is 0 Å². The van der Waals surface area contributed by atoms with E-state index in [1.807, 2.05) is 20.8 Å². The highest BCUT2D eigenvalue weighted by molar-refractivity contribution is 6.78.